The number of esters is 1. The van der Waals surface area contributed by atoms with E-state index in [0.717, 1.165) is 4.47 Å². The molecule has 0 amide bonds. The van der Waals surface area contributed by atoms with Gasteiger partial charge in [0.1, 0.15) is 17.5 Å². The molecule has 26 heavy (non-hydrogen) atoms. The number of carbonyl (C=O) groups excluding carboxylic acids is 3. The summed E-state index contributed by atoms with van der Waals surface area (Å²) in [5.74, 6) is -2.90. The third kappa shape index (κ3) is 3.46. The van der Waals surface area contributed by atoms with E-state index in [0.29, 0.717) is 21.9 Å². The Morgan fingerprint density at radius 3 is 2.42 bits per heavy atom. The van der Waals surface area contributed by atoms with E-state index in [2.05, 4.69) is 15.9 Å². The molecule has 1 aliphatic rings. The standard InChI is InChI=1S/C20H16BrClO4/c1-10(19(24)12-3-6-14(22)7-4-12)17-15-9-13(21)5-8-16(15)26-20(25)18(17)11(2)23/h3-10,17-18H,1-2H3/t10-,17-,18+/m1/s1. The molecule has 0 bridgehead atoms. The number of Topliss-reactive ketones (excluding diaryl/α,β-unsaturated/α-hetero) is 2. The monoisotopic (exact) mass is 434 g/mol. The molecule has 1 heterocycles. The maximum atomic E-state index is 13.0. The summed E-state index contributed by atoms with van der Waals surface area (Å²) in [4.78, 5) is 37.6. The molecule has 0 fully saturated rings. The van der Waals surface area contributed by atoms with E-state index in [1.807, 2.05) is 0 Å². The van der Waals surface area contributed by atoms with Crippen LogP contribution >= 0.6 is 27.5 Å². The van der Waals surface area contributed by atoms with Crippen molar-refractivity contribution in [2.75, 3.05) is 0 Å². The summed E-state index contributed by atoms with van der Waals surface area (Å²) in [6.07, 6.45) is 0. The van der Waals surface area contributed by atoms with Crippen LogP contribution in [0.25, 0.3) is 0 Å². The first-order valence-corrected chi connectivity index (χ1v) is 9.28. The van der Waals surface area contributed by atoms with Crippen LogP contribution in [0.5, 0.6) is 5.75 Å². The third-order valence-electron chi connectivity index (χ3n) is 4.67. The van der Waals surface area contributed by atoms with Crippen molar-refractivity contribution in [3.05, 3.63) is 63.1 Å². The molecule has 4 nitrogen and oxygen atoms in total. The molecule has 6 heteroatoms. The first-order chi connectivity index (χ1) is 12.3. The van der Waals surface area contributed by atoms with E-state index in [1.54, 1.807) is 49.4 Å². The van der Waals surface area contributed by atoms with Crippen molar-refractivity contribution < 1.29 is 19.1 Å². The van der Waals surface area contributed by atoms with E-state index in [4.69, 9.17) is 16.3 Å². The molecule has 2 aromatic rings. The van der Waals surface area contributed by atoms with Gasteiger partial charge in [-0.15, -0.1) is 0 Å². The summed E-state index contributed by atoms with van der Waals surface area (Å²) in [5, 5.41) is 0.534. The second-order valence-electron chi connectivity index (χ2n) is 6.38. The lowest BCUT2D eigenvalue weighted by atomic mass is 9.72. The Kier molecular flexibility index (Phi) is 5.30. The largest absolute Gasteiger partial charge is 0.426 e. The number of ether oxygens (including phenoxy) is 1. The fraction of sp³-hybridized carbons (Fsp3) is 0.250. The second kappa shape index (κ2) is 7.33. The highest BCUT2D eigenvalue weighted by Crippen LogP contribution is 2.44. The first-order valence-electron chi connectivity index (χ1n) is 8.11. The molecule has 0 radical (unpaired) electrons. The van der Waals surface area contributed by atoms with Crippen LogP contribution < -0.4 is 4.74 Å². The number of carbonyl (C=O) groups is 3. The Morgan fingerprint density at radius 1 is 1.15 bits per heavy atom. The topological polar surface area (TPSA) is 60.4 Å². The highest BCUT2D eigenvalue weighted by molar-refractivity contribution is 9.10. The van der Waals surface area contributed by atoms with Crippen LogP contribution in [0.4, 0.5) is 0 Å². The van der Waals surface area contributed by atoms with Crippen LogP contribution in [-0.4, -0.2) is 17.5 Å². The Morgan fingerprint density at radius 2 is 1.81 bits per heavy atom. The number of hydrogen-bond donors (Lipinski definition) is 0. The minimum Gasteiger partial charge on any atom is -0.426 e. The van der Waals surface area contributed by atoms with Crippen molar-refractivity contribution in [2.24, 2.45) is 11.8 Å². The summed E-state index contributed by atoms with van der Waals surface area (Å²) < 4.78 is 6.12. The predicted octanol–water partition coefficient (Wildman–Crippen LogP) is 4.83. The molecule has 0 aliphatic carbocycles. The van der Waals surface area contributed by atoms with Gasteiger partial charge >= 0.3 is 5.97 Å². The lowest BCUT2D eigenvalue weighted by Crippen LogP contribution is -2.40. The minimum atomic E-state index is -1.01. The minimum absolute atomic E-state index is 0.154. The van der Waals surface area contributed by atoms with Gasteiger partial charge in [0.05, 0.1) is 0 Å². The summed E-state index contributed by atoms with van der Waals surface area (Å²) >= 11 is 9.29. The zero-order valence-corrected chi connectivity index (χ0v) is 16.5. The average molecular weight is 436 g/mol. The molecule has 1 aliphatic heterocycles. The molecule has 0 saturated heterocycles. The Labute approximate surface area is 164 Å². The van der Waals surface area contributed by atoms with Crippen molar-refractivity contribution in [1.29, 1.82) is 0 Å². The van der Waals surface area contributed by atoms with Crippen molar-refractivity contribution in [3.63, 3.8) is 0 Å². The molecule has 0 saturated carbocycles. The number of benzene rings is 2. The highest BCUT2D eigenvalue weighted by Gasteiger charge is 2.45. The van der Waals surface area contributed by atoms with Crippen molar-refractivity contribution in [2.45, 2.75) is 19.8 Å². The van der Waals surface area contributed by atoms with E-state index in [-0.39, 0.29) is 11.6 Å². The number of halogens is 2. The summed E-state index contributed by atoms with van der Waals surface area (Å²) in [6.45, 7) is 3.09. The number of fused-ring (bicyclic) bond motifs is 1. The van der Waals surface area contributed by atoms with Gasteiger partial charge in [0.15, 0.2) is 5.78 Å². The number of ketones is 2. The molecule has 2 aromatic carbocycles. The van der Waals surface area contributed by atoms with Crippen molar-refractivity contribution >= 4 is 45.1 Å². The van der Waals surface area contributed by atoms with Crippen molar-refractivity contribution in [3.8, 4) is 5.75 Å². The zero-order valence-electron chi connectivity index (χ0n) is 14.2. The Bertz CT molecular complexity index is 891. The summed E-state index contributed by atoms with van der Waals surface area (Å²) in [7, 11) is 0. The van der Waals surface area contributed by atoms with Gasteiger partial charge in [0, 0.05) is 32.5 Å². The molecule has 0 spiro atoms. The molecule has 3 atom stereocenters. The maximum Gasteiger partial charge on any atom is 0.322 e. The summed E-state index contributed by atoms with van der Waals surface area (Å²) in [5.41, 5.74) is 1.16. The van der Waals surface area contributed by atoms with Crippen LogP contribution in [0.1, 0.15) is 35.7 Å². The Hall–Kier alpha value is -1.98. The number of rotatable bonds is 4. The second-order valence-corrected chi connectivity index (χ2v) is 7.73. The van der Waals surface area contributed by atoms with E-state index < -0.39 is 23.7 Å². The SMILES string of the molecule is CC(=O)[C@@H]1C(=O)Oc2ccc(Br)cc2[C@H]1[C@@H](C)C(=O)c1ccc(Cl)cc1. The van der Waals surface area contributed by atoms with Gasteiger partial charge in [-0.2, -0.15) is 0 Å². The lowest BCUT2D eigenvalue weighted by Gasteiger charge is -2.34. The van der Waals surface area contributed by atoms with Crippen LogP contribution in [0.3, 0.4) is 0 Å². The molecular formula is C20H16BrClO4. The van der Waals surface area contributed by atoms with E-state index in [9.17, 15) is 14.4 Å². The van der Waals surface area contributed by atoms with Gasteiger partial charge in [-0.1, -0.05) is 34.5 Å². The number of hydrogen-bond acceptors (Lipinski definition) is 4. The normalized spacial score (nSPS) is 20.1. The van der Waals surface area contributed by atoms with Crippen LogP contribution in [0.2, 0.25) is 5.02 Å². The van der Waals surface area contributed by atoms with Gasteiger partial charge in [-0.05, 0) is 49.4 Å². The Balaban J connectivity index is 2.07. The molecule has 3 rings (SSSR count). The van der Waals surface area contributed by atoms with Gasteiger partial charge in [0.25, 0.3) is 0 Å². The fourth-order valence-corrected chi connectivity index (χ4v) is 3.89. The van der Waals surface area contributed by atoms with E-state index >= 15 is 0 Å². The van der Waals surface area contributed by atoms with Crippen LogP contribution in [-0.2, 0) is 9.59 Å². The summed E-state index contributed by atoms with van der Waals surface area (Å²) in [6, 6.07) is 11.8. The first kappa shape index (κ1) is 18.8. The zero-order chi connectivity index (χ0) is 19.0. The predicted molar refractivity (Wildman–Crippen MR) is 102 cm³/mol. The van der Waals surface area contributed by atoms with Gasteiger partial charge < -0.3 is 4.74 Å². The van der Waals surface area contributed by atoms with Crippen LogP contribution in [0, 0.1) is 11.8 Å². The average Bonchev–Trinajstić information content (AvgIpc) is 2.60. The molecule has 0 N–H and O–H groups in total. The lowest BCUT2D eigenvalue weighted by molar-refractivity contribution is -0.146. The smallest absolute Gasteiger partial charge is 0.322 e. The van der Waals surface area contributed by atoms with Gasteiger partial charge in [0.2, 0.25) is 0 Å². The molecular weight excluding hydrogens is 420 g/mol. The van der Waals surface area contributed by atoms with Gasteiger partial charge in [-0.3, -0.25) is 14.4 Å². The highest BCUT2D eigenvalue weighted by atomic mass is 79.9. The third-order valence-corrected chi connectivity index (χ3v) is 5.42. The van der Waals surface area contributed by atoms with Crippen LogP contribution in [0.15, 0.2) is 46.9 Å². The van der Waals surface area contributed by atoms with E-state index in [1.165, 1.54) is 6.92 Å². The quantitative estimate of drug-likeness (QED) is 0.299. The molecule has 0 unspecified atom stereocenters. The maximum absolute atomic E-state index is 13.0. The molecule has 0 aromatic heterocycles. The van der Waals surface area contributed by atoms with Gasteiger partial charge in [-0.25, -0.2) is 0 Å². The molecule has 134 valence electrons. The fourth-order valence-electron chi connectivity index (χ4n) is 3.39. The van der Waals surface area contributed by atoms with Crippen molar-refractivity contribution in [1.82, 2.24) is 0 Å².